The van der Waals surface area contributed by atoms with E-state index in [1.54, 1.807) is 5.01 Å². The summed E-state index contributed by atoms with van der Waals surface area (Å²) in [7, 11) is 0. The van der Waals surface area contributed by atoms with Gasteiger partial charge in [0.1, 0.15) is 0 Å². The highest BCUT2D eigenvalue weighted by Gasteiger charge is 2.36. The summed E-state index contributed by atoms with van der Waals surface area (Å²) in [5, 5.41) is 7.00. The molecule has 3 aliphatic heterocycles. The van der Waals surface area contributed by atoms with Gasteiger partial charge in [-0.25, -0.2) is 5.01 Å². The van der Waals surface area contributed by atoms with E-state index in [1.165, 1.54) is 0 Å². The number of hydrogen-bond donors (Lipinski definition) is 0. The van der Waals surface area contributed by atoms with Gasteiger partial charge in [-0.2, -0.15) is 5.10 Å². The number of hydrogen-bond acceptors (Lipinski definition) is 6. The summed E-state index contributed by atoms with van der Waals surface area (Å²) in [6, 6.07) is 13.2. The third kappa shape index (κ3) is 4.20. The summed E-state index contributed by atoms with van der Waals surface area (Å²) >= 11 is 6.45. The Morgan fingerprint density at radius 3 is 2.62 bits per heavy atom. The van der Waals surface area contributed by atoms with Gasteiger partial charge in [-0.15, -0.1) is 0 Å². The molecule has 32 heavy (non-hydrogen) atoms. The zero-order valence-corrected chi connectivity index (χ0v) is 18.9. The van der Waals surface area contributed by atoms with Crippen molar-refractivity contribution in [3.8, 4) is 11.5 Å². The lowest BCUT2D eigenvalue weighted by Crippen LogP contribution is -2.49. The first-order valence-corrected chi connectivity index (χ1v) is 11.3. The third-order valence-electron chi connectivity index (χ3n) is 5.99. The fraction of sp³-hybridized carbons (Fsp3) is 0.417. The van der Waals surface area contributed by atoms with E-state index in [-0.39, 0.29) is 30.9 Å². The van der Waals surface area contributed by atoms with E-state index in [9.17, 15) is 4.79 Å². The molecule has 2 aromatic rings. The molecule has 3 atom stereocenters. The summed E-state index contributed by atoms with van der Waals surface area (Å²) in [5.74, 6) is 1.36. The molecule has 0 aromatic heterocycles. The number of amides is 1. The smallest absolute Gasteiger partial charge is 0.257 e. The van der Waals surface area contributed by atoms with E-state index < -0.39 is 0 Å². The van der Waals surface area contributed by atoms with Gasteiger partial charge in [0.2, 0.25) is 6.79 Å². The molecule has 7 nitrogen and oxygen atoms in total. The minimum atomic E-state index is -0.237. The highest BCUT2D eigenvalue weighted by molar-refractivity contribution is 6.34. The Morgan fingerprint density at radius 2 is 1.84 bits per heavy atom. The van der Waals surface area contributed by atoms with Crippen LogP contribution in [0.4, 0.5) is 0 Å². The van der Waals surface area contributed by atoms with Gasteiger partial charge in [0.05, 0.1) is 30.5 Å². The maximum atomic E-state index is 13.5. The fourth-order valence-electron chi connectivity index (χ4n) is 4.66. The highest BCUT2D eigenvalue weighted by Crippen LogP contribution is 2.39. The van der Waals surface area contributed by atoms with Crippen molar-refractivity contribution >= 4 is 23.2 Å². The van der Waals surface area contributed by atoms with Gasteiger partial charge >= 0.3 is 0 Å². The number of halogens is 1. The van der Waals surface area contributed by atoms with Crippen molar-refractivity contribution in [3.05, 3.63) is 58.6 Å². The number of nitrogens with zero attached hydrogens (tertiary/aromatic N) is 3. The Labute approximate surface area is 192 Å². The Hall–Kier alpha value is -2.61. The van der Waals surface area contributed by atoms with Gasteiger partial charge in [-0.3, -0.25) is 9.69 Å². The Morgan fingerprint density at radius 1 is 1.09 bits per heavy atom. The summed E-state index contributed by atoms with van der Waals surface area (Å²) in [4.78, 5) is 15.6. The molecule has 3 heterocycles. The van der Waals surface area contributed by atoms with Crippen molar-refractivity contribution in [1.29, 1.82) is 0 Å². The number of benzene rings is 2. The van der Waals surface area contributed by atoms with Gasteiger partial charge in [-0.1, -0.05) is 35.9 Å². The molecule has 2 aromatic carbocycles. The maximum absolute atomic E-state index is 13.5. The molecule has 168 valence electrons. The van der Waals surface area contributed by atoms with Crippen LogP contribution in [0.3, 0.4) is 0 Å². The number of carbonyl (C=O) groups excluding carboxylic acids is 1. The normalized spacial score (nSPS) is 25.2. The average molecular weight is 456 g/mol. The van der Waals surface area contributed by atoms with Crippen molar-refractivity contribution in [1.82, 2.24) is 9.91 Å². The molecular weight excluding hydrogens is 430 g/mol. The van der Waals surface area contributed by atoms with Crippen LogP contribution in [-0.2, 0) is 9.53 Å². The SMILES string of the molecule is CC1CN(CC(=O)N2N=C(c3ccccc3Cl)CC2c2ccc3c(c2)OCO3)CC(C)O1. The second kappa shape index (κ2) is 8.73. The standard InChI is InChI=1S/C24H26ClN3O4/c1-15-11-27(12-16(2)32-15)13-24(29)28-21(17-7-8-22-23(9-17)31-14-30-22)10-20(26-28)18-5-3-4-6-19(18)25/h3-9,15-16,21H,10-14H2,1-2H3. The largest absolute Gasteiger partial charge is 0.454 e. The molecule has 5 rings (SSSR count). The van der Waals surface area contributed by atoms with Crippen LogP contribution in [0, 0.1) is 0 Å². The second-order valence-corrected chi connectivity index (χ2v) is 8.96. The summed E-state index contributed by atoms with van der Waals surface area (Å²) in [5.41, 5.74) is 2.61. The van der Waals surface area contributed by atoms with Crippen LogP contribution in [0.2, 0.25) is 5.02 Å². The van der Waals surface area contributed by atoms with E-state index in [0.29, 0.717) is 29.5 Å². The topological polar surface area (TPSA) is 63.6 Å². The Kier molecular flexibility index (Phi) is 5.80. The number of rotatable bonds is 4. The molecule has 3 aliphatic rings. The van der Waals surface area contributed by atoms with Crippen LogP contribution in [0.25, 0.3) is 0 Å². The van der Waals surface area contributed by atoms with E-state index in [4.69, 9.17) is 30.9 Å². The minimum absolute atomic E-state index is 0.0454. The molecule has 0 saturated carbocycles. The van der Waals surface area contributed by atoms with E-state index in [1.807, 2.05) is 56.3 Å². The number of hydrazone groups is 1. The summed E-state index contributed by atoms with van der Waals surface area (Å²) in [6.45, 7) is 6.01. The van der Waals surface area contributed by atoms with E-state index in [2.05, 4.69) is 4.90 Å². The zero-order valence-electron chi connectivity index (χ0n) is 18.2. The molecule has 0 spiro atoms. The van der Waals surface area contributed by atoms with Crippen LogP contribution in [0.5, 0.6) is 11.5 Å². The van der Waals surface area contributed by atoms with Gasteiger partial charge < -0.3 is 14.2 Å². The number of carbonyl (C=O) groups is 1. The Bertz CT molecular complexity index is 1050. The van der Waals surface area contributed by atoms with Crippen LogP contribution in [0.1, 0.15) is 37.4 Å². The lowest BCUT2D eigenvalue weighted by molar-refractivity contribution is -0.137. The molecule has 0 aliphatic carbocycles. The molecule has 1 amide bonds. The molecule has 1 fully saturated rings. The maximum Gasteiger partial charge on any atom is 0.257 e. The van der Waals surface area contributed by atoms with E-state index in [0.717, 1.165) is 29.9 Å². The van der Waals surface area contributed by atoms with Gasteiger partial charge in [0.15, 0.2) is 11.5 Å². The predicted octanol–water partition coefficient (Wildman–Crippen LogP) is 3.86. The Balaban J connectivity index is 1.44. The lowest BCUT2D eigenvalue weighted by Gasteiger charge is -2.35. The number of ether oxygens (including phenoxy) is 3. The third-order valence-corrected chi connectivity index (χ3v) is 6.32. The van der Waals surface area contributed by atoms with Crippen LogP contribution < -0.4 is 9.47 Å². The second-order valence-electron chi connectivity index (χ2n) is 8.55. The molecule has 0 N–H and O–H groups in total. The molecule has 0 radical (unpaired) electrons. The number of fused-ring (bicyclic) bond motifs is 1. The van der Waals surface area contributed by atoms with Crippen molar-refractivity contribution in [3.63, 3.8) is 0 Å². The first-order valence-electron chi connectivity index (χ1n) is 10.9. The van der Waals surface area contributed by atoms with Crippen molar-refractivity contribution in [2.24, 2.45) is 5.10 Å². The summed E-state index contributed by atoms with van der Waals surface area (Å²) < 4.78 is 16.8. The van der Waals surface area contributed by atoms with Gasteiger partial charge in [0.25, 0.3) is 5.91 Å². The highest BCUT2D eigenvalue weighted by atomic mass is 35.5. The monoisotopic (exact) mass is 455 g/mol. The van der Waals surface area contributed by atoms with Crippen LogP contribution in [-0.4, -0.2) is 60.2 Å². The van der Waals surface area contributed by atoms with Crippen molar-refractivity contribution < 1.29 is 19.0 Å². The predicted molar refractivity (Wildman–Crippen MR) is 121 cm³/mol. The van der Waals surface area contributed by atoms with Crippen molar-refractivity contribution in [2.45, 2.75) is 38.5 Å². The van der Waals surface area contributed by atoms with Gasteiger partial charge in [-0.05, 0) is 37.6 Å². The van der Waals surface area contributed by atoms with Gasteiger partial charge in [0, 0.05) is 30.1 Å². The minimum Gasteiger partial charge on any atom is -0.454 e. The zero-order chi connectivity index (χ0) is 22.2. The molecular formula is C24H26ClN3O4. The quantitative estimate of drug-likeness (QED) is 0.700. The number of morpholine rings is 1. The fourth-order valence-corrected chi connectivity index (χ4v) is 4.90. The molecule has 8 heteroatoms. The lowest BCUT2D eigenvalue weighted by atomic mass is 9.98. The first-order chi connectivity index (χ1) is 15.5. The first kappa shape index (κ1) is 21.2. The van der Waals surface area contributed by atoms with E-state index >= 15 is 0 Å². The molecule has 0 bridgehead atoms. The molecule has 1 saturated heterocycles. The van der Waals surface area contributed by atoms with Crippen LogP contribution in [0.15, 0.2) is 47.6 Å². The summed E-state index contributed by atoms with van der Waals surface area (Å²) in [6.07, 6.45) is 0.763. The average Bonchev–Trinajstić information content (AvgIpc) is 3.40. The van der Waals surface area contributed by atoms with Crippen LogP contribution >= 0.6 is 11.6 Å². The van der Waals surface area contributed by atoms with Crippen molar-refractivity contribution in [2.75, 3.05) is 26.4 Å². The molecule has 3 unspecified atom stereocenters.